The minimum atomic E-state index is -1.57. The van der Waals surface area contributed by atoms with Gasteiger partial charge in [-0.2, -0.15) is 0 Å². The lowest BCUT2D eigenvalue weighted by Crippen LogP contribution is -2.44. The van der Waals surface area contributed by atoms with Crippen molar-refractivity contribution in [2.45, 2.75) is 36.1 Å². The molecule has 0 aromatic carbocycles. The fourth-order valence-electron chi connectivity index (χ4n) is 2.71. The molecule has 0 amide bonds. The highest BCUT2D eigenvalue weighted by Crippen LogP contribution is 2.40. The van der Waals surface area contributed by atoms with Crippen LogP contribution in [0.1, 0.15) is 13.2 Å². The monoisotopic (exact) mass is 326 g/mol. The summed E-state index contributed by atoms with van der Waals surface area (Å²) in [6, 6.07) is 1.73. The minimum Gasteiger partial charge on any atom is -0.394 e. The summed E-state index contributed by atoms with van der Waals surface area (Å²) in [7, 11) is 0. The van der Waals surface area contributed by atoms with Gasteiger partial charge in [0, 0.05) is 6.20 Å². The molecule has 1 aliphatic rings. The molecule has 2 aromatic heterocycles. The third-order valence-electron chi connectivity index (χ3n) is 3.95. The van der Waals surface area contributed by atoms with Crippen molar-refractivity contribution < 1.29 is 20.1 Å². The second-order valence-corrected chi connectivity index (χ2v) is 6.21. The molecule has 5 N–H and O–H groups in total. The number of rotatable bonds is 3. The maximum absolute atomic E-state index is 10.6. The fourth-order valence-corrected chi connectivity index (χ4v) is 3.07. The first-order valence-corrected chi connectivity index (χ1v) is 7.97. The van der Waals surface area contributed by atoms with E-state index in [4.69, 9.17) is 10.5 Å². The number of aliphatic hydroxyl groups excluding tert-OH is 2. The lowest BCUT2D eigenvalue weighted by Gasteiger charge is -2.27. The first-order valence-electron chi connectivity index (χ1n) is 6.75. The number of nitrogen functional groups attached to an aromatic ring is 1. The Bertz CT molecular complexity index is 705. The summed E-state index contributed by atoms with van der Waals surface area (Å²) >= 11 is 1.35. The normalized spacial score (nSPS) is 32.0. The molecule has 22 heavy (non-hydrogen) atoms. The first kappa shape index (κ1) is 15.5. The topological polar surface area (TPSA) is 127 Å². The Morgan fingerprint density at radius 1 is 1.50 bits per heavy atom. The van der Waals surface area contributed by atoms with Crippen LogP contribution in [0.5, 0.6) is 0 Å². The van der Waals surface area contributed by atoms with Gasteiger partial charge < -0.3 is 30.4 Å². The summed E-state index contributed by atoms with van der Waals surface area (Å²) in [4.78, 5) is 8.57. The number of ether oxygens (including phenoxy) is 1. The van der Waals surface area contributed by atoms with E-state index in [2.05, 4.69) is 9.97 Å². The quantitative estimate of drug-likeness (QED) is 0.449. The average molecular weight is 326 g/mol. The SMILES string of the molecule is CSc1nc(N)c2ccn(C3O[C@H](CO)[C@@H](O)C3(C)O)c2n1. The molecule has 1 aliphatic heterocycles. The number of fused-ring (bicyclic) bond motifs is 1. The molecule has 0 bridgehead atoms. The van der Waals surface area contributed by atoms with Crippen LogP contribution >= 0.6 is 11.8 Å². The van der Waals surface area contributed by atoms with Gasteiger partial charge in [0.1, 0.15) is 29.3 Å². The van der Waals surface area contributed by atoms with Crippen LogP contribution in [0.3, 0.4) is 0 Å². The number of nitrogens with zero attached hydrogens (tertiary/aromatic N) is 3. The standard InChI is InChI=1S/C13H18N4O4S/c1-13(20)8(19)7(5-18)21-11(13)17-4-3-6-9(14)15-12(22-2)16-10(6)17/h3-4,7-8,11,18-20H,5H2,1-2H3,(H2,14,15,16)/t7-,8-,11?,13?/m1/s1. The van der Waals surface area contributed by atoms with Crippen LogP contribution in [0.15, 0.2) is 17.4 Å². The third kappa shape index (κ3) is 2.17. The van der Waals surface area contributed by atoms with E-state index in [-0.39, 0.29) is 6.61 Å². The highest BCUT2D eigenvalue weighted by molar-refractivity contribution is 7.98. The molecule has 8 nitrogen and oxygen atoms in total. The van der Waals surface area contributed by atoms with Crippen molar-refractivity contribution in [1.29, 1.82) is 0 Å². The van der Waals surface area contributed by atoms with Gasteiger partial charge in [-0.05, 0) is 19.2 Å². The van der Waals surface area contributed by atoms with Crippen LogP contribution in [-0.2, 0) is 4.74 Å². The van der Waals surface area contributed by atoms with Crippen molar-refractivity contribution >= 4 is 28.6 Å². The molecule has 1 saturated heterocycles. The summed E-state index contributed by atoms with van der Waals surface area (Å²) in [5.41, 5.74) is 4.86. The number of thioether (sulfide) groups is 1. The van der Waals surface area contributed by atoms with E-state index in [1.165, 1.54) is 18.7 Å². The van der Waals surface area contributed by atoms with Crippen LogP contribution in [0.4, 0.5) is 5.82 Å². The molecule has 4 atom stereocenters. The van der Waals surface area contributed by atoms with Crippen molar-refractivity contribution in [3.63, 3.8) is 0 Å². The van der Waals surface area contributed by atoms with E-state index in [1.54, 1.807) is 16.8 Å². The van der Waals surface area contributed by atoms with Gasteiger partial charge in [-0.25, -0.2) is 9.97 Å². The Hall–Kier alpha value is -1.39. The molecule has 120 valence electrons. The van der Waals surface area contributed by atoms with Crippen LogP contribution in [0.25, 0.3) is 11.0 Å². The Kier molecular flexibility index (Phi) is 3.77. The molecule has 3 rings (SSSR count). The lowest BCUT2D eigenvalue weighted by molar-refractivity contribution is -0.0948. The van der Waals surface area contributed by atoms with E-state index in [9.17, 15) is 15.3 Å². The summed E-state index contributed by atoms with van der Waals surface area (Å²) in [5, 5.41) is 31.1. The molecule has 1 fully saturated rings. The third-order valence-corrected chi connectivity index (χ3v) is 4.50. The second kappa shape index (κ2) is 5.36. The number of hydrogen-bond acceptors (Lipinski definition) is 8. The van der Waals surface area contributed by atoms with Crippen LogP contribution in [0, 0.1) is 0 Å². The smallest absolute Gasteiger partial charge is 0.191 e. The van der Waals surface area contributed by atoms with E-state index in [1.807, 2.05) is 6.26 Å². The summed E-state index contributed by atoms with van der Waals surface area (Å²) in [6.45, 7) is 1.07. The molecule has 0 saturated carbocycles. The Morgan fingerprint density at radius 2 is 2.23 bits per heavy atom. The van der Waals surface area contributed by atoms with E-state index in [0.29, 0.717) is 22.0 Å². The predicted octanol–water partition coefficient (Wildman–Crippen LogP) is -0.263. The van der Waals surface area contributed by atoms with E-state index >= 15 is 0 Å². The molecule has 9 heteroatoms. The van der Waals surface area contributed by atoms with Crippen molar-refractivity contribution in [3.8, 4) is 0 Å². The van der Waals surface area contributed by atoms with Crippen molar-refractivity contribution in [3.05, 3.63) is 12.3 Å². The predicted molar refractivity (Wildman–Crippen MR) is 81.3 cm³/mol. The fraction of sp³-hybridized carbons (Fsp3) is 0.538. The van der Waals surface area contributed by atoms with E-state index in [0.717, 1.165) is 0 Å². The first-order chi connectivity index (χ1) is 10.4. The molecule has 0 aliphatic carbocycles. The van der Waals surface area contributed by atoms with Crippen LogP contribution in [0.2, 0.25) is 0 Å². The number of anilines is 1. The summed E-state index contributed by atoms with van der Waals surface area (Å²) in [6.07, 6.45) is 0.546. The van der Waals surface area contributed by atoms with Gasteiger partial charge in [0.15, 0.2) is 11.4 Å². The molecule has 0 spiro atoms. The summed E-state index contributed by atoms with van der Waals surface area (Å²) in [5.74, 6) is 0.338. The zero-order valence-corrected chi connectivity index (χ0v) is 13.0. The highest BCUT2D eigenvalue weighted by Gasteiger charge is 2.53. The maximum Gasteiger partial charge on any atom is 0.191 e. The molecule has 3 heterocycles. The second-order valence-electron chi connectivity index (χ2n) is 5.44. The zero-order valence-electron chi connectivity index (χ0n) is 12.2. The van der Waals surface area contributed by atoms with Gasteiger partial charge in [-0.3, -0.25) is 0 Å². The van der Waals surface area contributed by atoms with Gasteiger partial charge in [0.25, 0.3) is 0 Å². The highest BCUT2D eigenvalue weighted by atomic mass is 32.2. The number of aromatic nitrogens is 3. The largest absolute Gasteiger partial charge is 0.394 e. The number of nitrogens with two attached hydrogens (primary N) is 1. The van der Waals surface area contributed by atoms with Gasteiger partial charge >= 0.3 is 0 Å². The lowest BCUT2D eigenvalue weighted by atomic mass is 9.96. The van der Waals surface area contributed by atoms with E-state index < -0.39 is 24.0 Å². The number of aliphatic hydroxyl groups is 3. The van der Waals surface area contributed by atoms with Crippen molar-refractivity contribution in [1.82, 2.24) is 14.5 Å². The molecular formula is C13H18N4O4S. The van der Waals surface area contributed by atoms with Crippen LogP contribution in [-0.4, -0.2) is 60.5 Å². The average Bonchev–Trinajstić information content (AvgIpc) is 3.00. The summed E-state index contributed by atoms with van der Waals surface area (Å²) < 4.78 is 7.21. The molecule has 2 aromatic rings. The van der Waals surface area contributed by atoms with Crippen molar-refractivity contribution in [2.75, 3.05) is 18.6 Å². The Balaban J connectivity index is 2.12. The van der Waals surface area contributed by atoms with Gasteiger partial charge in [0.05, 0.1) is 12.0 Å². The molecular weight excluding hydrogens is 308 g/mol. The minimum absolute atomic E-state index is 0.338. The van der Waals surface area contributed by atoms with Gasteiger partial charge in [-0.15, -0.1) is 0 Å². The molecule has 0 radical (unpaired) electrons. The Labute approximate surface area is 130 Å². The van der Waals surface area contributed by atoms with Gasteiger partial charge in [-0.1, -0.05) is 11.8 Å². The number of hydrogen-bond donors (Lipinski definition) is 4. The van der Waals surface area contributed by atoms with Crippen LogP contribution < -0.4 is 5.73 Å². The van der Waals surface area contributed by atoms with Crippen molar-refractivity contribution in [2.24, 2.45) is 0 Å². The maximum atomic E-state index is 10.6. The molecule has 2 unspecified atom stereocenters. The van der Waals surface area contributed by atoms with Gasteiger partial charge in [0.2, 0.25) is 0 Å². The Morgan fingerprint density at radius 3 is 2.82 bits per heavy atom. The zero-order chi connectivity index (χ0) is 16.1.